The summed E-state index contributed by atoms with van der Waals surface area (Å²) >= 11 is 0.296. The Hall–Kier alpha value is -2.16. The summed E-state index contributed by atoms with van der Waals surface area (Å²) in [5.41, 5.74) is 0.971. The Balaban J connectivity index is 1.65. The highest BCUT2D eigenvalue weighted by atomic mass is 32.1. The molecule has 9 heteroatoms. The molecule has 1 aromatic heterocycles. The van der Waals surface area contributed by atoms with E-state index >= 15 is 0 Å². The normalized spacial score (nSPS) is 16.0. The molecule has 0 radical (unpaired) electrons. The quantitative estimate of drug-likeness (QED) is 0.887. The van der Waals surface area contributed by atoms with Crippen molar-refractivity contribution >= 4 is 22.5 Å². The minimum atomic E-state index is -4.56. The molecule has 5 nitrogen and oxygen atoms in total. The van der Waals surface area contributed by atoms with Gasteiger partial charge in [-0.2, -0.15) is 13.2 Å². The highest BCUT2D eigenvalue weighted by Crippen LogP contribution is 2.41. The Morgan fingerprint density at radius 2 is 1.91 bits per heavy atom. The molecule has 0 aliphatic heterocycles. The second-order valence-electron chi connectivity index (χ2n) is 5.23. The van der Waals surface area contributed by atoms with Gasteiger partial charge in [-0.15, -0.1) is 10.2 Å². The van der Waals surface area contributed by atoms with Crippen molar-refractivity contribution in [1.82, 2.24) is 15.5 Å². The number of benzene rings is 1. The summed E-state index contributed by atoms with van der Waals surface area (Å²) in [6.07, 6.45) is -2.54. The lowest BCUT2D eigenvalue weighted by molar-refractivity contribution is -0.138. The summed E-state index contributed by atoms with van der Waals surface area (Å²) < 4.78 is 37.4. The first-order valence-electron chi connectivity index (χ1n) is 6.96. The maximum Gasteiger partial charge on any atom is 0.445 e. The van der Waals surface area contributed by atoms with Crippen LogP contribution in [0.3, 0.4) is 0 Å². The Morgan fingerprint density at radius 1 is 1.22 bits per heavy atom. The third-order valence-corrected chi connectivity index (χ3v) is 4.31. The fourth-order valence-electron chi connectivity index (χ4n) is 2.23. The van der Waals surface area contributed by atoms with E-state index in [2.05, 4.69) is 20.8 Å². The van der Waals surface area contributed by atoms with Gasteiger partial charge >= 0.3 is 12.2 Å². The molecule has 3 rings (SSSR count). The molecule has 1 aromatic carbocycles. The maximum absolute atomic E-state index is 12.5. The minimum Gasteiger partial charge on any atom is -0.331 e. The third-order valence-electron chi connectivity index (χ3n) is 3.43. The van der Waals surface area contributed by atoms with E-state index in [9.17, 15) is 18.0 Å². The van der Waals surface area contributed by atoms with Crippen LogP contribution in [0.1, 0.15) is 29.5 Å². The Morgan fingerprint density at radius 3 is 2.48 bits per heavy atom. The number of carbonyl (C=O) groups excluding carboxylic acids is 1. The van der Waals surface area contributed by atoms with Crippen molar-refractivity contribution in [3.8, 4) is 0 Å². The number of urea groups is 1. The van der Waals surface area contributed by atoms with Crippen LogP contribution in [0.2, 0.25) is 0 Å². The molecule has 0 bridgehead atoms. The van der Waals surface area contributed by atoms with Gasteiger partial charge in [0.25, 0.3) is 0 Å². The monoisotopic (exact) mass is 342 g/mol. The molecule has 1 unspecified atom stereocenters. The summed E-state index contributed by atoms with van der Waals surface area (Å²) in [5.74, 6) is 0.350. The zero-order valence-corrected chi connectivity index (χ0v) is 12.6. The van der Waals surface area contributed by atoms with Crippen molar-refractivity contribution in [2.45, 2.75) is 25.1 Å². The Bertz CT molecular complexity index is 685. The van der Waals surface area contributed by atoms with E-state index in [-0.39, 0.29) is 11.2 Å². The lowest BCUT2D eigenvalue weighted by atomic mass is 10.0. The van der Waals surface area contributed by atoms with Crippen molar-refractivity contribution < 1.29 is 18.0 Å². The molecule has 2 amide bonds. The highest BCUT2D eigenvalue weighted by molar-refractivity contribution is 7.15. The molecule has 2 N–H and O–H groups in total. The van der Waals surface area contributed by atoms with Gasteiger partial charge in [-0.3, -0.25) is 5.32 Å². The molecule has 2 aromatic rings. The molecule has 0 saturated heterocycles. The Labute approximate surface area is 133 Å². The number of aromatic nitrogens is 2. The number of hydrogen-bond donors (Lipinski definition) is 2. The largest absolute Gasteiger partial charge is 0.445 e. The number of nitrogens with zero attached hydrogens (tertiary/aromatic N) is 2. The van der Waals surface area contributed by atoms with Gasteiger partial charge in [0.15, 0.2) is 0 Å². The van der Waals surface area contributed by atoms with Crippen LogP contribution >= 0.6 is 11.3 Å². The van der Waals surface area contributed by atoms with Gasteiger partial charge in [0, 0.05) is 0 Å². The third kappa shape index (κ3) is 3.98. The molecule has 23 heavy (non-hydrogen) atoms. The second-order valence-corrected chi connectivity index (χ2v) is 6.21. The fourth-order valence-corrected chi connectivity index (χ4v) is 2.83. The van der Waals surface area contributed by atoms with E-state index in [0.717, 1.165) is 18.4 Å². The summed E-state index contributed by atoms with van der Waals surface area (Å²) in [6, 6.07) is 8.72. The Kier molecular flexibility index (Phi) is 4.20. The van der Waals surface area contributed by atoms with Gasteiger partial charge in [-0.1, -0.05) is 41.7 Å². The predicted molar refractivity (Wildman–Crippen MR) is 79.0 cm³/mol. The minimum absolute atomic E-state index is 0.161. The molecule has 1 aliphatic carbocycles. The first-order chi connectivity index (χ1) is 10.9. The van der Waals surface area contributed by atoms with E-state index in [1.807, 2.05) is 30.3 Å². The van der Waals surface area contributed by atoms with Crippen LogP contribution in [0, 0.1) is 5.92 Å². The van der Waals surface area contributed by atoms with E-state index < -0.39 is 17.2 Å². The van der Waals surface area contributed by atoms with E-state index in [1.54, 1.807) is 0 Å². The standard InChI is InChI=1S/C14H13F3N4OS/c15-14(16,17)11-20-21-13(23-11)19-12(22)18-10(9-6-7-9)8-4-2-1-3-5-8/h1-5,9-10H,6-7H2,(H2,18,19,21,22). The maximum atomic E-state index is 12.5. The molecule has 122 valence electrons. The average molecular weight is 342 g/mol. The summed E-state index contributed by atoms with van der Waals surface area (Å²) in [4.78, 5) is 12.0. The topological polar surface area (TPSA) is 66.9 Å². The molecule has 1 saturated carbocycles. The van der Waals surface area contributed by atoms with Crippen LogP contribution in [0.25, 0.3) is 0 Å². The summed E-state index contributed by atoms with van der Waals surface area (Å²) in [7, 11) is 0. The molecular formula is C14H13F3N4OS. The summed E-state index contributed by atoms with van der Waals surface area (Å²) in [5, 5.41) is 10.2. The summed E-state index contributed by atoms with van der Waals surface area (Å²) in [6.45, 7) is 0. The molecule has 1 aliphatic rings. The zero-order valence-electron chi connectivity index (χ0n) is 11.8. The fraction of sp³-hybridized carbons (Fsp3) is 0.357. The molecule has 1 heterocycles. The van der Waals surface area contributed by atoms with Crippen LogP contribution < -0.4 is 10.6 Å². The number of nitrogens with one attached hydrogen (secondary N) is 2. The molecule has 0 spiro atoms. The van der Waals surface area contributed by atoms with Gasteiger partial charge in [0.05, 0.1) is 6.04 Å². The van der Waals surface area contributed by atoms with E-state index in [1.165, 1.54) is 0 Å². The van der Waals surface area contributed by atoms with Crippen LogP contribution in [0.4, 0.5) is 23.1 Å². The predicted octanol–water partition coefficient (Wildman–Crippen LogP) is 3.83. The van der Waals surface area contributed by atoms with Crippen molar-refractivity contribution in [1.29, 1.82) is 0 Å². The number of anilines is 1. The second kappa shape index (κ2) is 6.15. The van der Waals surface area contributed by atoms with Crippen molar-refractivity contribution in [2.24, 2.45) is 5.92 Å². The van der Waals surface area contributed by atoms with Crippen LogP contribution in [-0.4, -0.2) is 16.2 Å². The SMILES string of the molecule is O=C(Nc1nnc(C(F)(F)F)s1)NC(c1ccccc1)C1CC1. The van der Waals surface area contributed by atoms with Crippen molar-refractivity contribution in [3.63, 3.8) is 0 Å². The lowest BCUT2D eigenvalue weighted by Crippen LogP contribution is -2.33. The number of hydrogen-bond acceptors (Lipinski definition) is 4. The van der Waals surface area contributed by atoms with Gasteiger partial charge in [0.1, 0.15) is 0 Å². The average Bonchev–Trinajstić information content (AvgIpc) is 3.23. The first kappa shape index (κ1) is 15.7. The van der Waals surface area contributed by atoms with Gasteiger partial charge in [0.2, 0.25) is 10.1 Å². The lowest BCUT2D eigenvalue weighted by Gasteiger charge is -2.18. The van der Waals surface area contributed by atoms with Gasteiger partial charge in [-0.05, 0) is 24.3 Å². The highest BCUT2D eigenvalue weighted by Gasteiger charge is 2.36. The van der Waals surface area contributed by atoms with Crippen molar-refractivity contribution in [3.05, 3.63) is 40.9 Å². The van der Waals surface area contributed by atoms with E-state index in [0.29, 0.717) is 17.3 Å². The number of carbonyl (C=O) groups is 1. The van der Waals surface area contributed by atoms with Crippen molar-refractivity contribution in [2.75, 3.05) is 5.32 Å². The molecule has 1 fully saturated rings. The van der Waals surface area contributed by atoms with Gasteiger partial charge < -0.3 is 5.32 Å². The van der Waals surface area contributed by atoms with Crippen LogP contribution in [0.5, 0.6) is 0 Å². The van der Waals surface area contributed by atoms with E-state index in [4.69, 9.17) is 0 Å². The molecular weight excluding hydrogens is 329 g/mol. The zero-order chi connectivity index (χ0) is 16.4. The van der Waals surface area contributed by atoms with Crippen LogP contribution in [-0.2, 0) is 6.18 Å². The molecule has 1 atom stereocenters. The smallest absolute Gasteiger partial charge is 0.331 e. The first-order valence-corrected chi connectivity index (χ1v) is 7.78. The van der Waals surface area contributed by atoms with Gasteiger partial charge in [-0.25, -0.2) is 4.79 Å². The number of alkyl halides is 3. The van der Waals surface area contributed by atoms with Crippen LogP contribution in [0.15, 0.2) is 30.3 Å². The number of halogens is 3. The number of amides is 2. The number of rotatable bonds is 4.